The van der Waals surface area contributed by atoms with Gasteiger partial charge in [-0.15, -0.1) is 0 Å². The Kier molecular flexibility index (Phi) is 3.42. The van der Waals surface area contributed by atoms with E-state index in [4.69, 9.17) is 0 Å². The number of aryl methyl sites for hydroxylation is 1. The van der Waals surface area contributed by atoms with Crippen LogP contribution in [0.25, 0.3) is 0 Å². The lowest BCUT2D eigenvalue weighted by molar-refractivity contribution is 0.399. The summed E-state index contributed by atoms with van der Waals surface area (Å²) in [7, 11) is 0. The zero-order valence-electron chi connectivity index (χ0n) is 11.3. The van der Waals surface area contributed by atoms with Gasteiger partial charge in [-0.2, -0.15) is 0 Å². The van der Waals surface area contributed by atoms with Crippen LogP contribution in [0.3, 0.4) is 0 Å². The summed E-state index contributed by atoms with van der Waals surface area (Å²) < 4.78 is 14.2. The monoisotopic (exact) mass is 323 g/mol. The minimum Gasteiger partial charge on any atom is -0.382 e. The molecule has 3 heteroatoms. The topological polar surface area (TPSA) is 12.0 Å². The lowest BCUT2D eigenvalue weighted by atomic mass is 9.87. The van der Waals surface area contributed by atoms with Gasteiger partial charge in [0, 0.05) is 11.7 Å². The van der Waals surface area contributed by atoms with E-state index in [1.165, 1.54) is 12.8 Å². The van der Waals surface area contributed by atoms with E-state index in [-0.39, 0.29) is 5.82 Å². The highest BCUT2D eigenvalue weighted by Crippen LogP contribution is 2.45. The van der Waals surface area contributed by atoms with Crippen molar-refractivity contribution >= 4 is 21.6 Å². The number of hydrogen-bond acceptors (Lipinski definition) is 1. The van der Waals surface area contributed by atoms with Gasteiger partial charge in [-0.3, -0.25) is 0 Å². The van der Waals surface area contributed by atoms with Gasteiger partial charge in [0.2, 0.25) is 0 Å². The van der Waals surface area contributed by atoms with Crippen LogP contribution in [-0.4, -0.2) is 6.04 Å². The fourth-order valence-electron chi connectivity index (χ4n) is 3.55. The predicted molar refractivity (Wildman–Crippen MR) is 80.8 cm³/mol. The van der Waals surface area contributed by atoms with Crippen LogP contribution in [0.2, 0.25) is 0 Å². The smallest absolute Gasteiger partial charge is 0.139 e. The van der Waals surface area contributed by atoms with Crippen molar-refractivity contribution in [2.45, 2.75) is 32.7 Å². The molecule has 1 saturated carbocycles. The van der Waals surface area contributed by atoms with E-state index in [1.807, 2.05) is 13.0 Å². The molecule has 2 bridgehead atoms. The van der Waals surface area contributed by atoms with Gasteiger partial charge in [0.15, 0.2) is 0 Å². The van der Waals surface area contributed by atoms with Crippen LogP contribution in [0.15, 0.2) is 28.8 Å². The minimum absolute atomic E-state index is 0.201. The molecule has 0 heterocycles. The Hall–Kier alpha value is -0.830. The van der Waals surface area contributed by atoms with Crippen LogP contribution in [0, 0.1) is 30.5 Å². The number of nitrogens with one attached hydrogen (secondary N) is 1. The van der Waals surface area contributed by atoms with Crippen LogP contribution >= 0.6 is 15.9 Å². The molecule has 1 fully saturated rings. The molecule has 0 aromatic heterocycles. The summed E-state index contributed by atoms with van der Waals surface area (Å²) in [4.78, 5) is 0. The quantitative estimate of drug-likeness (QED) is 0.779. The van der Waals surface area contributed by atoms with Crippen molar-refractivity contribution in [3.8, 4) is 0 Å². The van der Waals surface area contributed by atoms with E-state index in [0.717, 1.165) is 17.2 Å². The molecule has 0 amide bonds. The second-order valence-electron chi connectivity index (χ2n) is 5.96. The molecular weight excluding hydrogens is 305 g/mol. The minimum atomic E-state index is -0.201. The lowest BCUT2D eigenvalue weighted by Crippen LogP contribution is -2.29. The van der Waals surface area contributed by atoms with Crippen LogP contribution in [0.5, 0.6) is 0 Å². The number of hydrogen-bond donors (Lipinski definition) is 1. The third kappa shape index (κ3) is 2.45. The zero-order valence-corrected chi connectivity index (χ0v) is 12.9. The molecule has 0 saturated heterocycles. The van der Waals surface area contributed by atoms with Crippen LogP contribution in [-0.2, 0) is 0 Å². The van der Waals surface area contributed by atoms with Gasteiger partial charge in [0.25, 0.3) is 0 Å². The molecule has 4 unspecified atom stereocenters. The molecule has 1 N–H and O–H groups in total. The maximum Gasteiger partial charge on any atom is 0.139 e. The largest absolute Gasteiger partial charge is 0.382 e. The normalized spacial score (nSPS) is 29.8. The first-order valence-corrected chi connectivity index (χ1v) is 7.74. The summed E-state index contributed by atoms with van der Waals surface area (Å²) in [6.45, 7) is 4.23. The van der Waals surface area contributed by atoms with Crippen LogP contribution in [0.4, 0.5) is 10.1 Å². The molecule has 0 radical (unpaired) electrons. The summed E-state index contributed by atoms with van der Waals surface area (Å²) in [5, 5.41) is 3.51. The Labute approximate surface area is 122 Å². The van der Waals surface area contributed by atoms with E-state index in [2.05, 4.69) is 40.3 Å². The molecule has 2 aliphatic rings. The van der Waals surface area contributed by atoms with Crippen molar-refractivity contribution < 1.29 is 4.39 Å². The Balaban J connectivity index is 1.75. The number of fused-ring (bicyclic) bond motifs is 2. The summed E-state index contributed by atoms with van der Waals surface area (Å²) in [6, 6.07) is 3.82. The highest BCUT2D eigenvalue weighted by atomic mass is 79.9. The van der Waals surface area contributed by atoms with Gasteiger partial charge in [-0.25, -0.2) is 4.39 Å². The van der Waals surface area contributed by atoms with E-state index in [0.29, 0.717) is 22.4 Å². The summed E-state index contributed by atoms with van der Waals surface area (Å²) in [6.07, 6.45) is 7.31. The lowest BCUT2D eigenvalue weighted by Gasteiger charge is -2.27. The molecule has 4 atom stereocenters. The van der Waals surface area contributed by atoms with Gasteiger partial charge in [0.1, 0.15) is 5.82 Å². The van der Waals surface area contributed by atoms with Crippen molar-refractivity contribution in [3.63, 3.8) is 0 Å². The van der Waals surface area contributed by atoms with Gasteiger partial charge >= 0.3 is 0 Å². The Morgan fingerprint density at radius 1 is 1.32 bits per heavy atom. The van der Waals surface area contributed by atoms with Crippen LogP contribution in [0.1, 0.15) is 25.3 Å². The highest BCUT2D eigenvalue weighted by molar-refractivity contribution is 9.10. The van der Waals surface area contributed by atoms with E-state index in [9.17, 15) is 4.39 Å². The Bertz CT molecular complexity index is 526. The summed E-state index contributed by atoms with van der Waals surface area (Å²) >= 11 is 3.23. The second kappa shape index (κ2) is 4.93. The summed E-state index contributed by atoms with van der Waals surface area (Å²) in [5.74, 6) is 1.98. The van der Waals surface area contributed by atoms with Crippen molar-refractivity contribution in [1.82, 2.24) is 0 Å². The van der Waals surface area contributed by atoms with E-state index < -0.39 is 0 Å². The average molecular weight is 324 g/mol. The molecule has 19 heavy (non-hydrogen) atoms. The van der Waals surface area contributed by atoms with E-state index in [1.54, 1.807) is 6.07 Å². The van der Waals surface area contributed by atoms with Gasteiger partial charge in [0.05, 0.1) is 4.47 Å². The third-order valence-corrected chi connectivity index (χ3v) is 5.23. The van der Waals surface area contributed by atoms with Gasteiger partial charge in [-0.05, 0) is 78.1 Å². The fourth-order valence-corrected chi connectivity index (χ4v) is 4.01. The van der Waals surface area contributed by atoms with Gasteiger partial charge < -0.3 is 5.32 Å². The second-order valence-corrected chi connectivity index (χ2v) is 6.81. The number of rotatable bonds is 3. The summed E-state index contributed by atoms with van der Waals surface area (Å²) in [5.41, 5.74) is 2.00. The molecule has 1 aromatic rings. The van der Waals surface area contributed by atoms with Crippen molar-refractivity contribution in [1.29, 1.82) is 0 Å². The predicted octanol–water partition coefficient (Wildman–Crippen LogP) is 4.91. The zero-order chi connectivity index (χ0) is 13.6. The maximum atomic E-state index is 13.6. The fraction of sp³-hybridized carbons (Fsp3) is 0.500. The van der Waals surface area contributed by atoms with Gasteiger partial charge in [-0.1, -0.05) is 12.2 Å². The first kappa shape index (κ1) is 13.2. The van der Waals surface area contributed by atoms with Crippen molar-refractivity contribution in [2.24, 2.45) is 17.8 Å². The van der Waals surface area contributed by atoms with Crippen molar-refractivity contribution in [2.75, 3.05) is 5.32 Å². The standard InChI is InChI=1S/C16H19BrFN/c1-9-5-14(17)15(18)8-16(9)19-10(2)13-7-11-3-4-12(13)6-11/h3-5,8,10-13,19H,6-7H2,1-2H3. The molecule has 1 nitrogen and oxygen atoms in total. The first-order valence-electron chi connectivity index (χ1n) is 6.95. The van der Waals surface area contributed by atoms with E-state index >= 15 is 0 Å². The van der Waals surface area contributed by atoms with Crippen LogP contribution < -0.4 is 5.32 Å². The molecule has 0 spiro atoms. The molecule has 102 valence electrons. The van der Waals surface area contributed by atoms with Crippen molar-refractivity contribution in [3.05, 3.63) is 40.1 Å². The maximum absolute atomic E-state index is 13.6. The average Bonchev–Trinajstić information content (AvgIpc) is 2.98. The molecule has 2 aliphatic carbocycles. The highest BCUT2D eigenvalue weighted by Gasteiger charge is 2.38. The number of halogens is 2. The number of anilines is 1. The Morgan fingerprint density at radius 3 is 2.74 bits per heavy atom. The molecular formula is C16H19BrFN. The number of benzene rings is 1. The SMILES string of the molecule is Cc1cc(Br)c(F)cc1NC(C)C1CC2C=CC1C2. The number of allylic oxidation sites excluding steroid dienone is 2. The third-order valence-electron chi connectivity index (χ3n) is 4.62. The molecule has 0 aliphatic heterocycles. The molecule has 1 aromatic carbocycles. The first-order chi connectivity index (χ1) is 9.04. The Morgan fingerprint density at radius 2 is 2.11 bits per heavy atom. The molecule has 3 rings (SSSR count).